The maximum Gasteiger partial charge on any atom is 0.335 e. The molecule has 10 rings (SSSR count). The highest BCUT2D eigenvalue weighted by molar-refractivity contribution is 5.82. The van der Waals surface area contributed by atoms with E-state index >= 15 is 0 Å². The maximum atomic E-state index is 13.4. The van der Waals surface area contributed by atoms with E-state index in [1.807, 2.05) is 20.8 Å². The SMILES string of the molecule is CCC/C=C\C(=O)O[C@H]1CC(C)(C)C[C@H]2C3=CC[C@@H]4[C@@]5(C)CC[C@H](O[C@@H]6O[C@H](C(=O)O)[C@@H](O)[C@H](O[C@@H]7O[C@H](CO)[C@H](O)[C@H](O)[C@H]7O[C@@H]7O[C@@H](C)[C@H](O)[C@@H](O)[C@H]7O[C@@H]7O[C@@H](C)[C@H](O)[C@@H](O)[C@H]7O)[C@H]6O[C@@H]6O[C@H](CO)[C@H](O)[C@H](O)[C@H]6O)C(C)(C)[C@@H]5CC[C@@]4(C)[C@]3(C)C[C@@H](O)[C@@]12CO. The van der Waals surface area contributed by atoms with Gasteiger partial charge in [0.25, 0.3) is 0 Å². The van der Waals surface area contributed by atoms with Crippen LogP contribution in [0, 0.1) is 50.2 Å². The van der Waals surface area contributed by atoms with E-state index in [1.54, 1.807) is 6.08 Å². The number of fused-ring (bicyclic) bond motifs is 7. The van der Waals surface area contributed by atoms with Gasteiger partial charge in [-0.05, 0) is 116 Å². The summed E-state index contributed by atoms with van der Waals surface area (Å²) in [5.74, 6) is -2.70. The van der Waals surface area contributed by atoms with E-state index in [-0.39, 0.29) is 29.8 Å². The fraction of sp³-hybridized carbons (Fsp3) is 0.909. The van der Waals surface area contributed by atoms with Crippen molar-refractivity contribution in [1.82, 2.24) is 0 Å². The zero-order valence-electron chi connectivity index (χ0n) is 55.8. The molecule has 16 N–H and O–H groups in total. The lowest BCUT2D eigenvalue weighted by Crippen LogP contribution is -2.70. The molecule has 0 aromatic carbocycles. The second-order valence-corrected chi connectivity index (χ2v) is 30.9. The Labute approximate surface area is 552 Å². The van der Waals surface area contributed by atoms with Gasteiger partial charge in [0.2, 0.25) is 0 Å². The van der Waals surface area contributed by atoms with Crippen molar-refractivity contribution in [3.05, 3.63) is 23.8 Å². The third-order valence-electron chi connectivity index (χ3n) is 24.5. The minimum atomic E-state index is -2.34. The lowest BCUT2D eigenvalue weighted by Gasteiger charge is -2.72. The Morgan fingerprint density at radius 3 is 1.69 bits per heavy atom. The van der Waals surface area contributed by atoms with Gasteiger partial charge in [-0.3, -0.25) is 0 Å². The number of aliphatic carboxylic acids is 1. The molecule has 29 nitrogen and oxygen atoms in total. The Balaban J connectivity index is 0.970. The summed E-state index contributed by atoms with van der Waals surface area (Å²) < 4.78 is 68.1. The first kappa shape index (κ1) is 75.1. The molecule has 0 aromatic rings. The minimum Gasteiger partial charge on any atom is -0.479 e. The molecule has 0 aromatic heterocycles. The van der Waals surface area contributed by atoms with E-state index in [2.05, 4.69) is 40.7 Å². The average Bonchev–Trinajstić information content (AvgIpc) is 0.671. The van der Waals surface area contributed by atoms with Gasteiger partial charge in [-0.2, -0.15) is 0 Å². The standard InChI is InChI=1S/C66H106O29/c1-11-12-13-14-38(71)89-37-23-61(4,5)21-30-29-15-16-34-63(8)19-18-36(62(6,7)33(63)17-20-64(34,9)65(29,10)22-35(70)66(30,37)26-69)90-60-54(95-57-48(81)44(77)41(74)31(24-67)87-57)50(49(82)51(92-60)55(83)84)91-59-53(46(79)42(75)32(25-68)88-59)94-58-52(45(78)40(73)28(3)86-58)93-56-47(80)43(76)39(72)27(2)85-56/h13-15,27-28,30-37,39-54,56-60,67-70,72-82H,11-12,16-26H2,1-10H3,(H,83,84)/b14-13-/t27-,28-,30-,31+,32+,33-,34+,35+,36-,37-,39-,40-,41-,42-,43+,44-,45+,46-,47+,48+,49-,50-,51-,52+,53+,54+,56-,57-,58-,59-,60+,63-,64+,65+,66-/m0/s1. The fourth-order valence-electron chi connectivity index (χ4n) is 18.9. The number of rotatable bonds is 18. The van der Waals surface area contributed by atoms with Crippen LogP contribution in [0.5, 0.6) is 0 Å². The molecular weight excluding hydrogens is 1260 g/mol. The average molecular weight is 1360 g/mol. The molecule has 29 heteroatoms. The first-order valence-electron chi connectivity index (χ1n) is 33.9. The van der Waals surface area contributed by atoms with Gasteiger partial charge >= 0.3 is 11.9 Å². The number of carbonyl (C=O) groups excluding carboxylic acids is 1. The molecule has 0 unspecified atom stereocenters. The van der Waals surface area contributed by atoms with Crippen molar-refractivity contribution in [2.24, 2.45) is 50.2 Å². The van der Waals surface area contributed by atoms with Gasteiger partial charge in [0.1, 0.15) is 110 Å². The van der Waals surface area contributed by atoms with Crippen LogP contribution in [-0.4, -0.2) is 285 Å². The predicted octanol–water partition coefficient (Wildman–Crippen LogP) is -1.74. The van der Waals surface area contributed by atoms with Crippen molar-refractivity contribution in [1.29, 1.82) is 0 Å². The van der Waals surface area contributed by atoms with Crippen LogP contribution in [0.4, 0.5) is 0 Å². The van der Waals surface area contributed by atoms with E-state index in [4.69, 9.17) is 52.1 Å². The molecule has 0 amide bonds. The fourth-order valence-corrected chi connectivity index (χ4v) is 18.9. The lowest BCUT2D eigenvalue weighted by molar-refractivity contribution is -0.412. The molecule has 0 spiro atoms. The van der Waals surface area contributed by atoms with E-state index in [0.29, 0.717) is 57.8 Å². The summed E-state index contributed by atoms with van der Waals surface area (Å²) in [5, 5.41) is 180. The highest BCUT2D eigenvalue weighted by Crippen LogP contribution is 2.76. The number of carboxylic acid groups (broad SMARTS) is 1. The number of hydrogen-bond donors (Lipinski definition) is 16. The number of ether oxygens (including phenoxy) is 11. The summed E-state index contributed by atoms with van der Waals surface area (Å²) in [6.07, 6.45) is -39.0. The van der Waals surface area contributed by atoms with Gasteiger partial charge in [-0.1, -0.05) is 79.5 Å². The third kappa shape index (κ3) is 13.1. The molecular formula is C66H106O29. The Hall–Kier alpha value is -2.58. The lowest BCUT2D eigenvalue weighted by atomic mass is 9.33. The zero-order valence-corrected chi connectivity index (χ0v) is 55.8. The second-order valence-electron chi connectivity index (χ2n) is 30.9. The molecule has 5 aliphatic carbocycles. The quantitative estimate of drug-likeness (QED) is 0.0313. The smallest absolute Gasteiger partial charge is 0.335 e. The second kappa shape index (κ2) is 28.3. The van der Waals surface area contributed by atoms with E-state index in [1.165, 1.54) is 19.9 Å². The number of allylic oxidation sites excluding steroid dienone is 3. The molecule has 5 aliphatic heterocycles. The molecule has 544 valence electrons. The van der Waals surface area contributed by atoms with Crippen molar-refractivity contribution >= 4 is 11.9 Å². The summed E-state index contributed by atoms with van der Waals surface area (Å²) in [5.41, 5.74) is -2.58. The monoisotopic (exact) mass is 1360 g/mol. The van der Waals surface area contributed by atoms with Gasteiger partial charge < -0.3 is 134 Å². The van der Waals surface area contributed by atoms with E-state index in [0.717, 1.165) is 12.0 Å². The predicted molar refractivity (Wildman–Crippen MR) is 324 cm³/mol. The van der Waals surface area contributed by atoms with Crippen LogP contribution in [0.15, 0.2) is 23.8 Å². The van der Waals surface area contributed by atoms with Crippen LogP contribution in [-0.2, 0) is 61.7 Å². The summed E-state index contributed by atoms with van der Waals surface area (Å²) in [6.45, 7) is 17.5. The minimum absolute atomic E-state index is 0.0143. The summed E-state index contributed by atoms with van der Waals surface area (Å²) >= 11 is 0. The van der Waals surface area contributed by atoms with E-state index < -0.39 is 224 Å². The van der Waals surface area contributed by atoms with Crippen LogP contribution in [0.3, 0.4) is 0 Å². The van der Waals surface area contributed by atoms with Gasteiger partial charge in [0.05, 0.1) is 49.7 Å². The van der Waals surface area contributed by atoms with Gasteiger partial charge in [0, 0.05) is 6.08 Å². The number of aliphatic hydroxyl groups excluding tert-OH is 15. The largest absolute Gasteiger partial charge is 0.479 e. The number of aliphatic hydroxyl groups is 15. The summed E-state index contributed by atoms with van der Waals surface area (Å²) in [6, 6.07) is 0. The Morgan fingerprint density at radius 1 is 0.558 bits per heavy atom. The molecule has 35 atom stereocenters. The number of carboxylic acids is 1. The molecule has 0 bridgehead atoms. The van der Waals surface area contributed by atoms with Crippen LogP contribution in [0.2, 0.25) is 0 Å². The van der Waals surface area contributed by atoms with Crippen LogP contribution in [0.1, 0.15) is 133 Å². The number of hydrogen-bond acceptors (Lipinski definition) is 28. The Morgan fingerprint density at radius 2 is 1.08 bits per heavy atom. The first-order valence-corrected chi connectivity index (χ1v) is 33.9. The zero-order chi connectivity index (χ0) is 69.7. The highest BCUT2D eigenvalue weighted by Gasteiger charge is 2.72. The van der Waals surface area contributed by atoms with Crippen molar-refractivity contribution in [2.75, 3.05) is 19.8 Å². The van der Waals surface area contributed by atoms with Crippen LogP contribution >= 0.6 is 0 Å². The Bertz CT molecular complexity index is 2720. The topological polar surface area (TPSA) is 459 Å². The maximum absolute atomic E-state index is 13.4. The highest BCUT2D eigenvalue weighted by atomic mass is 16.8. The van der Waals surface area contributed by atoms with Gasteiger partial charge in [0.15, 0.2) is 37.6 Å². The molecule has 5 heterocycles. The van der Waals surface area contributed by atoms with Crippen molar-refractivity contribution < 1.29 is 143 Å². The van der Waals surface area contributed by atoms with Crippen LogP contribution in [0.25, 0.3) is 0 Å². The summed E-state index contributed by atoms with van der Waals surface area (Å²) in [7, 11) is 0. The molecule has 10 aliphatic rings. The van der Waals surface area contributed by atoms with E-state index in [9.17, 15) is 91.3 Å². The molecule has 95 heavy (non-hydrogen) atoms. The molecule has 5 saturated heterocycles. The molecule has 4 saturated carbocycles. The molecule has 9 fully saturated rings. The Kier molecular flexibility index (Phi) is 22.4. The third-order valence-corrected chi connectivity index (χ3v) is 24.5. The van der Waals surface area contributed by atoms with Gasteiger partial charge in [-0.15, -0.1) is 0 Å². The van der Waals surface area contributed by atoms with Crippen molar-refractivity contribution in [2.45, 2.75) is 305 Å². The normalized spacial score (nSPS) is 52.1. The summed E-state index contributed by atoms with van der Waals surface area (Å²) in [4.78, 5) is 26.8. The number of unbranched alkanes of at least 4 members (excludes halogenated alkanes) is 1. The number of esters is 1. The number of carbonyl (C=O) groups is 2. The van der Waals surface area contributed by atoms with Crippen LogP contribution < -0.4 is 0 Å². The first-order chi connectivity index (χ1) is 44.5. The van der Waals surface area contributed by atoms with Gasteiger partial charge in [-0.25, -0.2) is 9.59 Å². The van der Waals surface area contributed by atoms with Crippen molar-refractivity contribution in [3.63, 3.8) is 0 Å². The molecule has 0 radical (unpaired) electrons. The van der Waals surface area contributed by atoms with Crippen molar-refractivity contribution in [3.8, 4) is 0 Å².